The van der Waals surface area contributed by atoms with Crippen molar-refractivity contribution in [1.82, 2.24) is 4.98 Å². The van der Waals surface area contributed by atoms with Crippen molar-refractivity contribution in [3.63, 3.8) is 0 Å². The molecule has 1 fully saturated rings. The molecule has 0 N–H and O–H groups in total. The van der Waals surface area contributed by atoms with E-state index in [4.69, 9.17) is 5.26 Å². The van der Waals surface area contributed by atoms with Crippen molar-refractivity contribution < 1.29 is 4.92 Å². The van der Waals surface area contributed by atoms with Crippen LogP contribution in [0.4, 0.5) is 17.1 Å². The molecule has 1 aliphatic heterocycles. The molecule has 23 heavy (non-hydrogen) atoms. The summed E-state index contributed by atoms with van der Waals surface area (Å²) in [7, 11) is 0. The van der Waals surface area contributed by atoms with Crippen LogP contribution in [-0.4, -0.2) is 36.1 Å². The lowest BCUT2D eigenvalue weighted by atomic mass is 10.1. The minimum atomic E-state index is -0.524. The number of nitro groups is 1. The first-order valence-electron chi connectivity index (χ1n) is 7.27. The topological polar surface area (TPSA) is 86.3 Å². The first-order chi connectivity index (χ1) is 11.2. The highest BCUT2D eigenvalue weighted by Crippen LogP contribution is 2.26. The summed E-state index contributed by atoms with van der Waals surface area (Å²) < 4.78 is 0. The van der Waals surface area contributed by atoms with Crippen LogP contribution in [0.5, 0.6) is 0 Å². The number of hydrogen-bond donors (Lipinski definition) is 0. The highest BCUT2D eigenvalue weighted by molar-refractivity contribution is 5.60. The van der Waals surface area contributed by atoms with Crippen molar-refractivity contribution in [2.45, 2.75) is 0 Å². The van der Waals surface area contributed by atoms with Gasteiger partial charge in [-0.15, -0.1) is 0 Å². The number of anilines is 2. The molecule has 2 heterocycles. The molecule has 1 aromatic carbocycles. The van der Waals surface area contributed by atoms with E-state index in [-0.39, 0.29) is 11.3 Å². The number of aromatic nitrogens is 1. The average Bonchev–Trinajstić information content (AvgIpc) is 2.62. The van der Waals surface area contributed by atoms with Gasteiger partial charge in [0.2, 0.25) is 0 Å². The van der Waals surface area contributed by atoms with Gasteiger partial charge in [-0.3, -0.25) is 15.1 Å². The third-order valence-electron chi connectivity index (χ3n) is 3.97. The van der Waals surface area contributed by atoms with Crippen molar-refractivity contribution in [2.75, 3.05) is 36.0 Å². The predicted octanol–water partition coefficient (Wildman–Crippen LogP) is 2.19. The van der Waals surface area contributed by atoms with E-state index < -0.39 is 4.92 Å². The molecule has 3 rings (SSSR count). The van der Waals surface area contributed by atoms with Crippen LogP contribution in [0.15, 0.2) is 42.7 Å². The molecule has 0 aliphatic carbocycles. The number of rotatable bonds is 3. The van der Waals surface area contributed by atoms with Crippen LogP contribution in [0, 0.1) is 21.4 Å². The monoisotopic (exact) mass is 309 g/mol. The molecule has 0 spiro atoms. The Kier molecular flexibility index (Phi) is 4.06. The molecule has 7 heteroatoms. The summed E-state index contributed by atoms with van der Waals surface area (Å²) in [6, 6.07) is 10.6. The average molecular weight is 309 g/mol. The lowest BCUT2D eigenvalue weighted by molar-refractivity contribution is -0.385. The first-order valence-corrected chi connectivity index (χ1v) is 7.27. The second-order valence-electron chi connectivity index (χ2n) is 5.25. The normalized spacial score (nSPS) is 14.4. The highest BCUT2D eigenvalue weighted by Gasteiger charge is 2.20. The molecule has 1 aromatic heterocycles. The SMILES string of the molecule is N#Cc1cc(N2CCN(c3ccncc3)CC2)ccc1[N+](=O)[O-]. The molecule has 0 radical (unpaired) electrons. The zero-order valence-corrected chi connectivity index (χ0v) is 12.4. The summed E-state index contributed by atoms with van der Waals surface area (Å²) in [4.78, 5) is 18.8. The van der Waals surface area contributed by atoms with Crippen LogP contribution in [0.3, 0.4) is 0 Å². The van der Waals surface area contributed by atoms with E-state index in [9.17, 15) is 10.1 Å². The molecular formula is C16H15N5O2. The van der Waals surface area contributed by atoms with E-state index >= 15 is 0 Å². The van der Waals surface area contributed by atoms with E-state index in [1.165, 1.54) is 6.07 Å². The maximum absolute atomic E-state index is 10.9. The van der Waals surface area contributed by atoms with Gasteiger partial charge in [-0.2, -0.15) is 5.26 Å². The van der Waals surface area contributed by atoms with Crippen molar-refractivity contribution in [3.8, 4) is 6.07 Å². The molecule has 116 valence electrons. The van der Waals surface area contributed by atoms with Crippen LogP contribution in [-0.2, 0) is 0 Å². The lowest BCUT2D eigenvalue weighted by Crippen LogP contribution is -2.46. The number of nitrogens with zero attached hydrogens (tertiary/aromatic N) is 5. The Morgan fingerprint density at radius 1 is 1.04 bits per heavy atom. The number of piperazine rings is 1. The summed E-state index contributed by atoms with van der Waals surface area (Å²) in [6.45, 7) is 3.29. The fourth-order valence-corrected chi connectivity index (χ4v) is 2.75. The van der Waals surface area contributed by atoms with Gasteiger partial charge in [0.25, 0.3) is 5.69 Å². The molecule has 0 unspecified atom stereocenters. The van der Waals surface area contributed by atoms with Gasteiger partial charge >= 0.3 is 0 Å². The van der Waals surface area contributed by atoms with Crippen molar-refractivity contribution in [3.05, 3.63) is 58.4 Å². The van der Waals surface area contributed by atoms with E-state index in [0.717, 1.165) is 37.6 Å². The zero-order chi connectivity index (χ0) is 16.2. The van der Waals surface area contributed by atoms with E-state index in [0.29, 0.717) is 0 Å². The lowest BCUT2D eigenvalue weighted by Gasteiger charge is -2.37. The predicted molar refractivity (Wildman–Crippen MR) is 86.5 cm³/mol. The molecule has 0 bridgehead atoms. The minimum Gasteiger partial charge on any atom is -0.368 e. The second-order valence-corrected chi connectivity index (χ2v) is 5.25. The Morgan fingerprint density at radius 2 is 1.65 bits per heavy atom. The first kappa shape index (κ1) is 14.8. The molecule has 0 atom stereocenters. The highest BCUT2D eigenvalue weighted by atomic mass is 16.6. The summed E-state index contributed by atoms with van der Waals surface area (Å²) in [5, 5.41) is 20.0. The number of nitriles is 1. The van der Waals surface area contributed by atoms with Crippen LogP contribution in [0.1, 0.15) is 5.56 Å². The van der Waals surface area contributed by atoms with Gasteiger partial charge in [0, 0.05) is 56.0 Å². The number of hydrogen-bond acceptors (Lipinski definition) is 6. The number of benzene rings is 1. The van der Waals surface area contributed by atoms with Gasteiger partial charge in [0.15, 0.2) is 0 Å². The Hall–Kier alpha value is -3.14. The molecule has 7 nitrogen and oxygen atoms in total. The molecular weight excluding hydrogens is 294 g/mol. The molecule has 1 aliphatic rings. The third kappa shape index (κ3) is 3.06. The van der Waals surface area contributed by atoms with E-state index in [1.54, 1.807) is 24.5 Å². The Bertz CT molecular complexity index is 749. The smallest absolute Gasteiger partial charge is 0.287 e. The fraction of sp³-hybridized carbons (Fsp3) is 0.250. The fourth-order valence-electron chi connectivity index (χ4n) is 2.75. The van der Waals surface area contributed by atoms with E-state index in [2.05, 4.69) is 14.8 Å². The van der Waals surface area contributed by atoms with Crippen molar-refractivity contribution in [1.29, 1.82) is 5.26 Å². The van der Waals surface area contributed by atoms with Crippen LogP contribution in [0.2, 0.25) is 0 Å². The third-order valence-corrected chi connectivity index (χ3v) is 3.97. The van der Waals surface area contributed by atoms with Crippen LogP contribution < -0.4 is 9.80 Å². The van der Waals surface area contributed by atoms with Crippen LogP contribution in [0.25, 0.3) is 0 Å². The van der Waals surface area contributed by atoms with Gasteiger partial charge in [-0.25, -0.2) is 0 Å². The van der Waals surface area contributed by atoms with Gasteiger partial charge in [0.1, 0.15) is 11.6 Å². The van der Waals surface area contributed by atoms with Gasteiger partial charge in [0.05, 0.1) is 4.92 Å². The summed E-state index contributed by atoms with van der Waals surface area (Å²) >= 11 is 0. The maximum Gasteiger partial charge on any atom is 0.287 e. The van der Waals surface area contributed by atoms with Gasteiger partial charge in [-0.05, 0) is 24.3 Å². The van der Waals surface area contributed by atoms with Gasteiger partial charge in [-0.1, -0.05) is 0 Å². The molecule has 2 aromatic rings. The zero-order valence-electron chi connectivity index (χ0n) is 12.4. The molecule has 1 saturated heterocycles. The second kappa shape index (κ2) is 6.32. The van der Waals surface area contributed by atoms with Gasteiger partial charge < -0.3 is 9.80 Å². The summed E-state index contributed by atoms with van der Waals surface area (Å²) in [6.07, 6.45) is 3.55. The minimum absolute atomic E-state index is 0.101. The largest absolute Gasteiger partial charge is 0.368 e. The number of pyridine rings is 1. The standard InChI is InChI=1S/C16H15N5O2/c17-12-13-11-15(1-2-16(13)21(22)23)20-9-7-19(8-10-20)14-3-5-18-6-4-14/h1-6,11H,7-10H2. The Labute approximate surface area is 133 Å². The Morgan fingerprint density at radius 3 is 2.22 bits per heavy atom. The van der Waals surface area contributed by atoms with Crippen molar-refractivity contribution in [2.24, 2.45) is 0 Å². The summed E-state index contributed by atoms with van der Waals surface area (Å²) in [5.74, 6) is 0. The quantitative estimate of drug-likeness (QED) is 0.638. The Balaban J connectivity index is 1.73. The molecule has 0 saturated carbocycles. The molecule has 0 amide bonds. The van der Waals surface area contributed by atoms with Crippen molar-refractivity contribution >= 4 is 17.1 Å². The van der Waals surface area contributed by atoms with E-state index in [1.807, 2.05) is 18.2 Å². The summed E-state index contributed by atoms with van der Waals surface area (Å²) in [5.41, 5.74) is 1.94. The van der Waals surface area contributed by atoms with Crippen LogP contribution >= 0.6 is 0 Å². The maximum atomic E-state index is 10.9. The number of nitro benzene ring substituents is 1.